The van der Waals surface area contributed by atoms with Gasteiger partial charge in [0.1, 0.15) is 11.4 Å². The van der Waals surface area contributed by atoms with E-state index in [1.165, 1.54) is 12.1 Å². The lowest BCUT2D eigenvalue weighted by Gasteiger charge is -2.11. The van der Waals surface area contributed by atoms with Crippen molar-refractivity contribution in [1.29, 1.82) is 0 Å². The maximum absolute atomic E-state index is 11.8. The Morgan fingerprint density at radius 3 is 2.84 bits per heavy atom. The van der Waals surface area contributed by atoms with Crippen molar-refractivity contribution in [3.8, 4) is 5.75 Å². The smallest absolute Gasteiger partial charge is 0.296 e. The zero-order valence-electron chi connectivity index (χ0n) is 10.6. The van der Waals surface area contributed by atoms with Gasteiger partial charge in [0.15, 0.2) is 0 Å². The molecule has 0 spiro atoms. The number of nitrogens with two attached hydrogens (primary N) is 1. The second-order valence-corrected chi connectivity index (χ2v) is 4.20. The Morgan fingerprint density at radius 2 is 2.26 bits per heavy atom. The van der Waals surface area contributed by atoms with Crippen LogP contribution in [0, 0.1) is 10.1 Å². The normalized spacial score (nSPS) is 11.9. The Bertz CT molecular complexity index is 476. The Hall–Kier alpha value is -2.15. The molecule has 4 N–H and O–H groups in total. The van der Waals surface area contributed by atoms with Crippen LogP contribution in [0.5, 0.6) is 5.75 Å². The SMILES string of the molecule is CCCCC(N)C(=O)Nc1ccc(O)cc1[N+](=O)[O-]. The summed E-state index contributed by atoms with van der Waals surface area (Å²) in [5, 5.41) is 22.4. The number of amides is 1. The second kappa shape index (κ2) is 6.69. The molecule has 1 aromatic rings. The first-order chi connectivity index (χ1) is 8.95. The molecule has 0 aliphatic rings. The zero-order valence-corrected chi connectivity index (χ0v) is 10.6. The number of carbonyl (C=O) groups is 1. The molecule has 1 unspecified atom stereocenters. The number of hydrogen-bond donors (Lipinski definition) is 3. The van der Waals surface area contributed by atoms with E-state index in [-0.39, 0.29) is 17.1 Å². The van der Waals surface area contributed by atoms with Crippen LogP contribution in [0.1, 0.15) is 26.2 Å². The van der Waals surface area contributed by atoms with Crippen molar-refractivity contribution >= 4 is 17.3 Å². The van der Waals surface area contributed by atoms with Gasteiger partial charge in [0.25, 0.3) is 5.69 Å². The molecule has 7 nitrogen and oxygen atoms in total. The second-order valence-electron chi connectivity index (χ2n) is 4.20. The van der Waals surface area contributed by atoms with E-state index in [4.69, 9.17) is 5.73 Å². The first-order valence-electron chi connectivity index (χ1n) is 5.99. The molecule has 0 heterocycles. The monoisotopic (exact) mass is 267 g/mol. The van der Waals surface area contributed by atoms with E-state index < -0.39 is 16.9 Å². The van der Waals surface area contributed by atoms with Crippen LogP contribution in [-0.2, 0) is 4.79 Å². The number of phenols is 1. The van der Waals surface area contributed by atoms with Crippen LogP contribution in [0.2, 0.25) is 0 Å². The number of benzene rings is 1. The van der Waals surface area contributed by atoms with Gasteiger partial charge in [-0.3, -0.25) is 14.9 Å². The third kappa shape index (κ3) is 4.22. The standard InChI is InChI=1S/C12H17N3O4/c1-2-3-4-9(13)12(17)14-10-6-5-8(16)7-11(10)15(18)19/h5-7,9,16H,2-4,13H2,1H3,(H,14,17). The number of carbonyl (C=O) groups excluding carboxylic acids is 1. The molecule has 104 valence electrons. The summed E-state index contributed by atoms with van der Waals surface area (Å²) in [6, 6.07) is 2.82. The van der Waals surface area contributed by atoms with Crippen molar-refractivity contribution in [1.82, 2.24) is 0 Å². The number of nitrogens with zero attached hydrogens (tertiary/aromatic N) is 1. The third-order valence-corrected chi connectivity index (χ3v) is 2.64. The van der Waals surface area contributed by atoms with Crippen LogP contribution >= 0.6 is 0 Å². The highest BCUT2D eigenvalue weighted by atomic mass is 16.6. The molecule has 0 aromatic heterocycles. The van der Waals surface area contributed by atoms with E-state index in [9.17, 15) is 20.0 Å². The largest absolute Gasteiger partial charge is 0.508 e. The minimum Gasteiger partial charge on any atom is -0.508 e. The molecule has 1 rings (SSSR count). The molecule has 7 heteroatoms. The van der Waals surface area contributed by atoms with E-state index in [2.05, 4.69) is 5.32 Å². The quantitative estimate of drug-likeness (QED) is 0.412. The van der Waals surface area contributed by atoms with Crippen LogP contribution < -0.4 is 11.1 Å². The Labute approximate surface area is 110 Å². The van der Waals surface area contributed by atoms with Crippen LogP contribution in [-0.4, -0.2) is 22.0 Å². The van der Waals surface area contributed by atoms with Crippen molar-refractivity contribution in [3.05, 3.63) is 28.3 Å². The zero-order chi connectivity index (χ0) is 14.4. The summed E-state index contributed by atoms with van der Waals surface area (Å²) in [5.74, 6) is -0.706. The average Bonchev–Trinajstić information content (AvgIpc) is 2.37. The van der Waals surface area contributed by atoms with Crippen molar-refractivity contribution in [2.24, 2.45) is 5.73 Å². The lowest BCUT2D eigenvalue weighted by atomic mass is 10.1. The van der Waals surface area contributed by atoms with Gasteiger partial charge >= 0.3 is 0 Å². The van der Waals surface area contributed by atoms with Crippen molar-refractivity contribution in [3.63, 3.8) is 0 Å². The lowest BCUT2D eigenvalue weighted by Crippen LogP contribution is -2.35. The molecule has 19 heavy (non-hydrogen) atoms. The van der Waals surface area contributed by atoms with Gasteiger partial charge in [-0.15, -0.1) is 0 Å². The van der Waals surface area contributed by atoms with Gasteiger partial charge in [-0.2, -0.15) is 0 Å². The number of hydrogen-bond acceptors (Lipinski definition) is 5. The maximum atomic E-state index is 11.8. The van der Waals surface area contributed by atoms with Gasteiger partial charge in [0.05, 0.1) is 17.0 Å². The van der Waals surface area contributed by atoms with E-state index >= 15 is 0 Å². The summed E-state index contributed by atoms with van der Waals surface area (Å²) in [6.07, 6.45) is 2.25. The van der Waals surface area contributed by atoms with E-state index in [0.29, 0.717) is 6.42 Å². The van der Waals surface area contributed by atoms with Gasteiger partial charge in [-0.25, -0.2) is 0 Å². The molecule has 0 aliphatic carbocycles. The number of unbranched alkanes of at least 4 members (excludes halogenated alkanes) is 1. The predicted octanol–water partition coefficient (Wildman–Crippen LogP) is 1.76. The minimum absolute atomic E-state index is 0.0275. The summed E-state index contributed by atoms with van der Waals surface area (Å²) in [7, 11) is 0. The highest BCUT2D eigenvalue weighted by Gasteiger charge is 2.19. The summed E-state index contributed by atoms with van der Waals surface area (Å²) < 4.78 is 0. The number of nitro benzene ring substituents is 1. The third-order valence-electron chi connectivity index (χ3n) is 2.64. The molecule has 0 saturated carbocycles. The molecule has 0 radical (unpaired) electrons. The number of anilines is 1. The fourth-order valence-corrected chi connectivity index (χ4v) is 1.56. The number of nitrogens with one attached hydrogen (secondary N) is 1. The number of rotatable bonds is 6. The Kier molecular flexibility index (Phi) is 5.25. The van der Waals surface area contributed by atoms with Gasteiger partial charge in [-0.1, -0.05) is 19.8 Å². The molecule has 1 atom stereocenters. The lowest BCUT2D eigenvalue weighted by molar-refractivity contribution is -0.384. The van der Waals surface area contributed by atoms with Gasteiger partial charge in [0, 0.05) is 0 Å². The molecular formula is C12H17N3O4. The first-order valence-corrected chi connectivity index (χ1v) is 5.99. The van der Waals surface area contributed by atoms with Gasteiger partial charge in [-0.05, 0) is 18.6 Å². The van der Waals surface area contributed by atoms with Crippen LogP contribution in [0.25, 0.3) is 0 Å². The molecule has 0 aliphatic heterocycles. The fourth-order valence-electron chi connectivity index (χ4n) is 1.56. The van der Waals surface area contributed by atoms with Gasteiger partial charge in [0.2, 0.25) is 5.91 Å². The Balaban J connectivity index is 2.81. The molecular weight excluding hydrogens is 250 g/mol. The van der Waals surface area contributed by atoms with E-state index in [0.717, 1.165) is 18.9 Å². The molecule has 0 saturated heterocycles. The fraction of sp³-hybridized carbons (Fsp3) is 0.417. The summed E-state index contributed by atoms with van der Waals surface area (Å²) in [4.78, 5) is 21.9. The Morgan fingerprint density at radius 1 is 1.58 bits per heavy atom. The van der Waals surface area contributed by atoms with Crippen molar-refractivity contribution in [2.45, 2.75) is 32.2 Å². The maximum Gasteiger partial charge on any atom is 0.296 e. The van der Waals surface area contributed by atoms with E-state index in [1.807, 2.05) is 6.92 Å². The van der Waals surface area contributed by atoms with E-state index in [1.54, 1.807) is 0 Å². The van der Waals surface area contributed by atoms with Crippen LogP contribution in [0.15, 0.2) is 18.2 Å². The molecule has 0 fully saturated rings. The average molecular weight is 267 g/mol. The number of phenolic OH excluding ortho intramolecular Hbond substituents is 1. The van der Waals surface area contributed by atoms with Crippen molar-refractivity contribution in [2.75, 3.05) is 5.32 Å². The molecule has 0 bridgehead atoms. The summed E-state index contributed by atoms with van der Waals surface area (Å²) >= 11 is 0. The molecule has 1 aromatic carbocycles. The van der Waals surface area contributed by atoms with Crippen LogP contribution in [0.4, 0.5) is 11.4 Å². The van der Waals surface area contributed by atoms with Gasteiger partial charge < -0.3 is 16.2 Å². The summed E-state index contributed by atoms with van der Waals surface area (Å²) in [5.41, 5.74) is 5.34. The van der Waals surface area contributed by atoms with Crippen LogP contribution in [0.3, 0.4) is 0 Å². The number of nitro groups is 1. The number of aromatic hydroxyl groups is 1. The predicted molar refractivity (Wildman–Crippen MR) is 70.9 cm³/mol. The summed E-state index contributed by atoms with van der Waals surface area (Å²) in [6.45, 7) is 1.98. The minimum atomic E-state index is -0.701. The molecule has 1 amide bonds. The van der Waals surface area contributed by atoms with Crippen molar-refractivity contribution < 1.29 is 14.8 Å². The highest BCUT2D eigenvalue weighted by Crippen LogP contribution is 2.28. The topological polar surface area (TPSA) is 118 Å². The first kappa shape index (κ1) is 14.9. The highest BCUT2D eigenvalue weighted by molar-refractivity contribution is 5.96.